The topological polar surface area (TPSA) is 91.3 Å². The maximum Gasteiger partial charge on any atom is 0.350 e. The maximum atomic E-state index is 14.0. The normalized spacial score (nSPS) is 13.5. The van der Waals surface area contributed by atoms with Crippen molar-refractivity contribution in [3.8, 4) is 5.75 Å². The summed E-state index contributed by atoms with van der Waals surface area (Å²) < 4.78 is 51.0. The van der Waals surface area contributed by atoms with Crippen LogP contribution in [0.25, 0.3) is 0 Å². The van der Waals surface area contributed by atoms with Gasteiger partial charge in [-0.05, 0) is 73.1 Å². The minimum Gasteiger partial charge on any atom is -0.508 e. The molecule has 1 aromatic carbocycles. The highest BCUT2D eigenvalue weighted by atomic mass is 31.2. The van der Waals surface area contributed by atoms with E-state index in [0.29, 0.717) is 5.56 Å². The quantitative estimate of drug-likeness (QED) is 0.397. The van der Waals surface area contributed by atoms with Crippen LogP contribution in [0.15, 0.2) is 24.3 Å². The van der Waals surface area contributed by atoms with Crippen molar-refractivity contribution < 1.29 is 32.3 Å². The second-order valence-corrected chi connectivity index (χ2v) is 12.1. The van der Waals surface area contributed by atoms with E-state index in [1.807, 2.05) is 0 Å². The van der Waals surface area contributed by atoms with E-state index in [4.69, 9.17) is 18.1 Å². The lowest BCUT2D eigenvalue weighted by atomic mass is 10.2. The van der Waals surface area contributed by atoms with Gasteiger partial charge in [-0.3, -0.25) is 9.13 Å². The third-order valence-corrected chi connectivity index (χ3v) is 9.57. The first-order valence-electron chi connectivity index (χ1n) is 9.51. The Labute approximate surface area is 168 Å². The molecule has 1 aromatic rings. The van der Waals surface area contributed by atoms with Crippen molar-refractivity contribution in [2.75, 3.05) is 0 Å². The van der Waals surface area contributed by atoms with Gasteiger partial charge in [0, 0.05) is 0 Å². The zero-order valence-corrected chi connectivity index (χ0v) is 19.8. The summed E-state index contributed by atoms with van der Waals surface area (Å²) in [5, 5.41) is 8.37. The van der Waals surface area contributed by atoms with Crippen molar-refractivity contribution in [1.29, 1.82) is 0 Å². The molecule has 0 aliphatic rings. The third-order valence-electron chi connectivity index (χ3n) is 3.22. The molecule has 0 aliphatic carbocycles. The molecule has 0 saturated heterocycles. The molecular formula is C19H34O7P2. The van der Waals surface area contributed by atoms with E-state index < -0.39 is 45.0 Å². The molecule has 0 aromatic heterocycles. The lowest BCUT2D eigenvalue weighted by Gasteiger charge is -2.35. The molecule has 0 spiro atoms. The van der Waals surface area contributed by atoms with Crippen LogP contribution in [0.3, 0.4) is 0 Å². The smallest absolute Gasteiger partial charge is 0.350 e. The van der Waals surface area contributed by atoms with E-state index in [0.717, 1.165) is 0 Å². The number of benzene rings is 1. The fourth-order valence-electron chi connectivity index (χ4n) is 2.64. The molecule has 1 N–H and O–H groups in total. The van der Waals surface area contributed by atoms with E-state index in [1.54, 1.807) is 55.4 Å². The zero-order valence-electron chi connectivity index (χ0n) is 18.0. The first-order valence-corrected chi connectivity index (χ1v) is 12.7. The van der Waals surface area contributed by atoms with Crippen molar-refractivity contribution in [2.45, 2.75) is 85.2 Å². The summed E-state index contributed by atoms with van der Waals surface area (Å²) in [5.41, 5.74) is 0.382. The lowest BCUT2D eigenvalue weighted by molar-refractivity contribution is 0.122. The zero-order chi connectivity index (χ0) is 21.7. The van der Waals surface area contributed by atoms with Crippen LogP contribution in [0, 0.1) is 0 Å². The molecule has 9 heteroatoms. The van der Waals surface area contributed by atoms with Gasteiger partial charge in [0.05, 0.1) is 24.4 Å². The van der Waals surface area contributed by atoms with Crippen molar-refractivity contribution in [2.24, 2.45) is 0 Å². The van der Waals surface area contributed by atoms with Crippen molar-refractivity contribution >= 4 is 15.2 Å². The average molecular weight is 436 g/mol. The molecule has 0 unspecified atom stereocenters. The number of rotatable bonds is 11. The monoisotopic (exact) mass is 436 g/mol. The van der Waals surface area contributed by atoms with Gasteiger partial charge in [-0.25, -0.2) is 0 Å². The van der Waals surface area contributed by atoms with Gasteiger partial charge in [-0.15, -0.1) is 0 Å². The molecule has 0 heterocycles. The summed E-state index contributed by atoms with van der Waals surface area (Å²) >= 11 is 0. The fourth-order valence-corrected chi connectivity index (χ4v) is 8.67. The Kier molecular flexibility index (Phi) is 9.40. The molecule has 28 heavy (non-hydrogen) atoms. The van der Waals surface area contributed by atoms with E-state index >= 15 is 0 Å². The molecule has 1 rings (SSSR count). The van der Waals surface area contributed by atoms with Gasteiger partial charge in [0.25, 0.3) is 0 Å². The van der Waals surface area contributed by atoms with Crippen LogP contribution in [0.5, 0.6) is 5.75 Å². The number of hydrogen-bond donors (Lipinski definition) is 1. The van der Waals surface area contributed by atoms with Crippen LogP contribution in [0.2, 0.25) is 0 Å². The molecule has 0 atom stereocenters. The molecule has 7 nitrogen and oxygen atoms in total. The predicted molar refractivity (Wildman–Crippen MR) is 111 cm³/mol. The maximum absolute atomic E-state index is 14.0. The van der Waals surface area contributed by atoms with Gasteiger partial charge in [0.2, 0.25) is 0 Å². The number of aromatic hydroxyl groups is 1. The van der Waals surface area contributed by atoms with E-state index in [-0.39, 0.29) is 5.75 Å². The van der Waals surface area contributed by atoms with Gasteiger partial charge in [0.1, 0.15) is 5.75 Å². The Balaban J connectivity index is 3.70. The summed E-state index contributed by atoms with van der Waals surface area (Å²) in [6.07, 6.45) is -1.79. The van der Waals surface area contributed by atoms with Crippen LogP contribution in [0.1, 0.15) is 66.4 Å². The van der Waals surface area contributed by atoms with Crippen LogP contribution >= 0.6 is 15.2 Å². The standard InChI is InChI=1S/C19H34O7P2/c1-13(2)23-27(21,24-14(3)4)19(17-9-11-18(20)12-10-17)28(22,25-15(5)6)26-16(7)8/h9-16,19-20H,1-8H3. The number of hydrogen-bond acceptors (Lipinski definition) is 7. The highest BCUT2D eigenvalue weighted by Crippen LogP contribution is 2.79. The largest absolute Gasteiger partial charge is 0.508 e. The second-order valence-electron chi connectivity index (χ2n) is 7.66. The van der Waals surface area contributed by atoms with Gasteiger partial charge in [-0.2, -0.15) is 0 Å². The summed E-state index contributed by atoms with van der Waals surface area (Å²) in [5.74, 6) is 0.0243. The van der Waals surface area contributed by atoms with Gasteiger partial charge >= 0.3 is 15.2 Å². The second kappa shape index (κ2) is 10.4. The number of phenolic OH excluding ortho intramolecular Hbond substituents is 1. The third kappa shape index (κ3) is 7.29. The van der Waals surface area contributed by atoms with E-state index in [1.165, 1.54) is 24.3 Å². The Bertz CT molecular complexity index is 633. The molecule has 0 amide bonds. The van der Waals surface area contributed by atoms with E-state index in [2.05, 4.69) is 0 Å². The molecule has 0 fully saturated rings. The molecule has 0 bridgehead atoms. The van der Waals surface area contributed by atoms with Crippen LogP contribution in [-0.2, 0) is 27.2 Å². The first-order chi connectivity index (χ1) is 12.8. The molecule has 0 radical (unpaired) electrons. The van der Waals surface area contributed by atoms with Gasteiger partial charge in [-0.1, -0.05) is 12.1 Å². The van der Waals surface area contributed by atoms with Gasteiger partial charge in [0.15, 0.2) is 5.40 Å². The van der Waals surface area contributed by atoms with Crippen molar-refractivity contribution in [1.82, 2.24) is 0 Å². The Morgan fingerprint density at radius 1 is 0.643 bits per heavy atom. The van der Waals surface area contributed by atoms with Crippen molar-refractivity contribution in [3.63, 3.8) is 0 Å². The highest BCUT2D eigenvalue weighted by Gasteiger charge is 2.53. The van der Waals surface area contributed by atoms with Gasteiger partial charge < -0.3 is 23.2 Å². The van der Waals surface area contributed by atoms with Crippen LogP contribution < -0.4 is 0 Å². The average Bonchev–Trinajstić information content (AvgIpc) is 2.45. The molecule has 162 valence electrons. The summed E-state index contributed by atoms with van der Waals surface area (Å²) in [6, 6.07) is 5.90. The Morgan fingerprint density at radius 2 is 0.929 bits per heavy atom. The highest BCUT2D eigenvalue weighted by molar-refractivity contribution is 7.72. The summed E-state index contributed by atoms with van der Waals surface area (Å²) in [7, 11) is -8.01. The summed E-state index contributed by atoms with van der Waals surface area (Å²) in [4.78, 5) is 0. The Morgan fingerprint density at radius 3 is 1.18 bits per heavy atom. The fraction of sp³-hybridized carbons (Fsp3) is 0.684. The van der Waals surface area contributed by atoms with Crippen molar-refractivity contribution in [3.05, 3.63) is 29.8 Å². The SMILES string of the molecule is CC(C)OP(=O)(OC(C)C)C(c1ccc(O)cc1)P(=O)(OC(C)C)OC(C)C. The van der Waals surface area contributed by atoms with Crippen LogP contribution in [-0.4, -0.2) is 29.5 Å². The molecule has 0 saturated carbocycles. The first kappa shape index (κ1) is 25.4. The van der Waals surface area contributed by atoms with E-state index in [9.17, 15) is 14.2 Å². The molecule has 0 aliphatic heterocycles. The van der Waals surface area contributed by atoms with Crippen LogP contribution in [0.4, 0.5) is 0 Å². The molecular weight excluding hydrogens is 402 g/mol. The lowest BCUT2D eigenvalue weighted by Crippen LogP contribution is -2.18. The minimum absolute atomic E-state index is 0.0243. The Hall–Kier alpha value is -0.680. The number of phenols is 1. The summed E-state index contributed by atoms with van der Waals surface area (Å²) in [6.45, 7) is 13.8. The minimum atomic E-state index is -4.01. The predicted octanol–water partition coefficient (Wildman–Crippen LogP) is 6.48.